The van der Waals surface area contributed by atoms with Crippen molar-refractivity contribution < 1.29 is 26.8 Å². The highest BCUT2D eigenvalue weighted by Gasteiger charge is 2.20. The number of ketones is 1. The van der Waals surface area contributed by atoms with Crippen molar-refractivity contribution in [1.29, 1.82) is 0 Å². The summed E-state index contributed by atoms with van der Waals surface area (Å²) in [7, 11) is -4.24. The molecule has 0 aliphatic rings. The molecule has 0 bridgehead atoms. The molecule has 13 heteroatoms. The van der Waals surface area contributed by atoms with Gasteiger partial charge in [-0.1, -0.05) is 29.8 Å². The third-order valence-corrected chi connectivity index (χ3v) is 6.67. The molecule has 0 aliphatic carbocycles. The van der Waals surface area contributed by atoms with Gasteiger partial charge in [0.05, 0.1) is 23.8 Å². The number of nitrogens with one attached hydrogen (secondary N) is 2. The fraction of sp³-hybridized carbons (Fsp3) is 0.0800. The van der Waals surface area contributed by atoms with Crippen LogP contribution in [0.3, 0.4) is 0 Å². The van der Waals surface area contributed by atoms with Gasteiger partial charge in [-0.05, 0) is 54.1 Å². The fourth-order valence-corrected chi connectivity index (χ4v) is 4.49. The van der Waals surface area contributed by atoms with Crippen LogP contribution < -0.4 is 15.8 Å². The third kappa shape index (κ3) is 6.40. The molecule has 1 amide bonds. The molecule has 0 unspecified atom stereocenters. The molecule has 3 aromatic carbocycles. The van der Waals surface area contributed by atoms with E-state index < -0.39 is 22.4 Å². The minimum atomic E-state index is -4.24. The van der Waals surface area contributed by atoms with E-state index in [-0.39, 0.29) is 28.5 Å². The molecular formula is C25H20ClF2N5O4S. The number of amides is 1. The first-order valence-corrected chi connectivity index (χ1v) is 12.9. The highest BCUT2D eigenvalue weighted by atomic mass is 35.5. The predicted octanol–water partition coefficient (Wildman–Crippen LogP) is 4.55. The van der Waals surface area contributed by atoms with Gasteiger partial charge in [-0.3, -0.25) is 9.59 Å². The number of carbonyl (C=O) groups is 2. The molecule has 38 heavy (non-hydrogen) atoms. The molecule has 0 atom stereocenters. The maximum atomic E-state index is 12.6. The van der Waals surface area contributed by atoms with Crippen LogP contribution in [-0.2, 0) is 21.2 Å². The number of rotatable bonds is 9. The first-order valence-electron chi connectivity index (χ1n) is 11.0. The van der Waals surface area contributed by atoms with Gasteiger partial charge in [-0.2, -0.15) is 13.9 Å². The molecule has 0 saturated carbocycles. The van der Waals surface area contributed by atoms with E-state index in [1.54, 1.807) is 54.6 Å². The van der Waals surface area contributed by atoms with Crippen molar-refractivity contribution >= 4 is 50.4 Å². The predicted molar refractivity (Wildman–Crippen MR) is 139 cm³/mol. The Balaban J connectivity index is 1.53. The van der Waals surface area contributed by atoms with E-state index in [9.17, 15) is 26.8 Å². The number of sulfonamides is 1. The van der Waals surface area contributed by atoms with Gasteiger partial charge in [0.1, 0.15) is 4.90 Å². The summed E-state index contributed by atoms with van der Waals surface area (Å²) in [5, 5.41) is 14.8. The Kier molecular flexibility index (Phi) is 7.86. The van der Waals surface area contributed by atoms with Crippen LogP contribution in [0.25, 0.3) is 5.69 Å². The lowest BCUT2D eigenvalue weighted by molar-refractivity contribution is -0.126. The molecule has 4 aromatic rings. The summed E-state index contributed by atoms with van der Waals surface area (Å²) < 4.78 is 50.6. The molecule has 4 rings (SSSR count). The molecule has 1 heterocycles. The van der Waals surface area contributed by atoms with Gasteiger partial charge in [0, 0.05) is 28.4 Å². The van der Waals surface area contributed by atoms with Crippen molar-refractivity contribution in [3.63, 3.8) is 0 Å². The summed E-state index contributed by atoms with van der Waals surface area (Å²) in [5.41, 5.74) is 2.12. The summed E-state index contributed by atoms with van der Waals surface area (Å²) in [6.45, 7) is 0. The van der Waals surface area contributed by atoms with Crippen LogP contribution in [0.2, 0.25) is 5.02 Å². The quantitative estimate of drug-likeness (QED) is 0.257. The average Bonchev–Trinajstić information content (AvgIpc) is 3.33. The molecule has 0 fully saturated rings. The average molecular weight is 560 g/mol. The molecule has 9 nitrogen and oxygen atoms in total. The second kappa shape index (κ2) is 11.1. The number of anilines is 3. The van der Waals surface area contributed by atoms with E-state index in [4.69, 9.17) is 16.7 Å². The van der Waals surface area contributed by atoms with E-state index in [2.05, 4.69) is 10.4 Å². The Morgan fingerprint density at radius 1 is 1.00 bits per heavy atom. The smallest absolute Gasteiger partial charge is 0.315 e. The zero-order chi connectivity index (χ0) is 27.4. The molecule has 196 valence electrons. The van der Waals surface area contributed by atoms with Crippen molar-refractivity contribution in [2.24, 2.45) is 5.14 Å². The van der Waals surface area contributed by atoms with Crippen LogP contribution >= 0.6 is 11.6 Å². The number of nitrogens with zero attached hydrogens (tertiary/aromatic N) is 2. The maximum absolute atomic E-state index is 12.6. The van der Waals surface area contributed by atoms with E-state index in [1.165, 1.54) is 18.3 Å². The lowest BCUT2D eigenvalue weighted by atomic mass is 10.0. The van der Waals surface area contributed by atoms with Gasteiger partial charge in [-0.15, -0.1) is 0 Å². The van der Waals surface area contributed by atoms with Gasteiger partial charge in [-0.25, -0.2) is 18.2 Å². The Bertz CT molecular complexity index is 1610. The first-order chi connectivity index (χ1) is 18.0. The van der Waals surface area contributed by atoms with Crippen LogP contribution in [-0.4, -0.2) is 36.3 Å². The molecule has 0 aliphatic heterocycles. The van der Waals surface area contributed by atoms with Crippen molar-refractivity contribution in [1.82, 2.24) is 9.78 Å². The second-order valence-corrected chi connectivity index (χ2v) is 10.0. The highest BCUT2D eigenvalue weighted by Crippen LogP contribution is 2.27. The van der Waals surface area contributed by atoms with Crippen LogP contribution in [0.1, 0.15) is 15.9 Å². The first kappa shape index (κ1) is 26.9. The number of hydrogen-bond donors (Lipinski definition) is 3. The number of halogens is 3. The van der Waals surface area contributed by atoms with Crippen LogP contribution in [0.15, 0.2) is 84.0 Å². The molecule has 0 radical (unpaired) electrons. The van der Waals surface area contributed by atoms with E-state index >= 15 is 0 Å². The normalized spacial score (nSPS) is 11.4. The Labute approximate surface area is 221 Å². The third-order valence-electron chi connectivity index (χ3n) is 5.37. The van der Waals surface area contributed by atoms with Gasteiger partial charge in [0.2, 0.25) is 10.0 Å². The van der Waals surface area contributed by atoms with E-state index in [1.807, 2.05) is 5.32 Å². The minimum Gasteiger partial charge on any atom is -0.355 e. The number of aromatic nitrogens is 2. The highest BCUT2D eigenvalue weighted by molar-refractivity contribution is 7.89. The van der Waals surface area contributed by atoms with Crippen LogP contribution in [0, 0.1) is 0 Å². The standard InChI is InChI=1S/C25H20ClF2N5O4S/c26-20-4-2-1-3-16(20)11-22(34)15-5-7-17(8-6-15)31-18-9-10-21(23(12-18)38(29,36)37)33-14-19(13-30-33)32-25(35)24(27)28/h1-10,12-14,24,31H,11H2,(H,32,35)(H2,29,36,37). The number of alkyl halides is 2. The summed E-state index contributed by atoms with van der Waals surface area (Å²) in [6, 6.07) is 17.9. The zero-order valence-electron chi connectivity index (χ0n) is 19.4. The van der Waals surface area contributed by atoms with Gasteiger partial charge in [0.15, 0.2) is 5.78 Å². The number of nitrogens with two attached hydrogens (primary N) is 1. The van der Waals surface area contributed by atoms with Crippen molar-refractivity contribution in [3.8, 4) is 5.69 Å². The summed E-state index contributed by atoms with van der Waals surface area (Å²) in [5.74, 6) is -1.64. The monoisotopic (exact) mass is 559 g/mol. The van der Waals surface area contributed by atoms with Crippen LogP contribution in [0.5, 0.6) is 0 Å². The molecule has 0 saturated heterocycles. The number of Topliss-reactive ketones (excluding diaryl/α,β-unsaturated/α-hetero) is 1. The molecule has 4 N–H and O–H groups in total. The fourth-order valence-electron chi connectivity index (χ4n) is 3.55. The lowest BCUT2D eigenvalue weighted by Crippen LogP contribution is -2.19. The Morgan fingerprint density at radius 2 is 1.68 bits per heavy atom. The zero-order valence-corrected chi connectivity index (χ0v) is 21.0. The molecule has 1 aromatic heterocycles. The number of benzene rings is 3. The van der Waals surface area contributed by atoms with Gasteiger partial charge < -0.3 is 10.6 Å². The second-order valence-electron chi connectivity index (χ2n) is 8.08. The number of hydrogen-bond acceptors (Lipinski definition) is 6. The summed E-state index contributed by atoms with van der Waals surface area (Å²) in [4.78, 5) is 23.5. The Morgan fingerprint density at radius 3 is 2.34 bits per heavy atom. The van der Waals surface area contributed by atoms with E-state index in [0.29, 0.717) is 22.0 Å². The maximum Gasteiger partial charge on any atom is 0.315 e. The van der Waals surface area contributed by atoms with Gasteiger partial charge in [0.25, 0.3) is 5.91 Å². The summed E-state index contributed by atoms with van der Waals surface area (Å²) >= 11 is 6.14. The molecule has 0 spiro atoms. The van der Waals surface area contributed by atoms with Crippen molar-refractivity contribution in [2.75, 3.05) is 10.6 Å². The number of primary sulfonamides is 1. The molecular weight excluding hydrogens is 540 g/mol. The van der Waals surface area contributed by atoms with Crippen LogP contribution in [0.4, 0.5) is 25.8 Å². The number of carbonyl (C=O) groups excluding carboxylic acids is 2. The largest absolute Gasteiger partial charge is 0.355 e. The van der Waals surface area contributed by atoms with Crippen molar-refractivity contribution in [2.45, 2.75) is 17.7 Å². The van der Waals surface area contributed by atoms with Gasteiger partial charge >= 0.3 is 6.43 Å². The van der Waals surface area contributed by atoms with E-state index in [0.717, 1.165) is 16.4 Å². The minimum absolute atomic E-state index is 0.0381. The van der Waals surface area contributed by atoms with Crippen molar-refractivity contribution in [3.05, 3.63) is 95.3 Å². The SMILES string of the molecule is NS(=O)(=O)c1cc(Nc2ccc(C(=O)Cc3ccccc3Cl)cc2)ccc1-n1cc(NC(=O)C(F)F)cn1. The summed E-state index contributed by atoms with van der Waals surface area (Å²) in [6.07, 6.45) is -0.811. The lowest BCUT2D eigenvalue weighted by Gasteiger charge is -2.12. The topological polar surface area (TPSA) is 136 Å². The Hall–Kier alpha value is -4.13.